The molecular formula is C14H25NO3. The average Bonchev–Trinajstić information content (AvgIpc) is 2.13. The summed E-state index contributed by atoms with van der Waals surface area (Å²) in [6.45, 7) is 9.63. The van der Waals surface area contributed by atoms with E-state index in [0.717, 1.165) is 6.42 Å². The maximum Gasteiger partial charge on any atom is 0.408 e. The highest BCUT2D eigenvalue weighted by Gasteiger charge is 2.18. The molecule has 0 saturated heterocycles. The molecule has 4 nitrogen and oxygen atoms in total. The lowest BCUT2D eigenvalue weighted by molar-refractivity contribution is 0.0512. The minimum absolute atomic E-state index is 0.0356. The van der Waals surface area contributed by atoms with Crippen molar-refractivity contribution in [2.24, 2.45) is 5.92 Å². The maximum atomic E-state index is 11.6. The first-order valence-corrected chi connectivity index (χ1v) is 6.33. The van der Waals surface area contributed by atoms with Gasteiger partial charge < -0.3 is 15.2 Å². The van der Waals surface area contributed by atoms with Gasteiger partial charge in [-0.05, 0) is 33.1 Å². The monoisotopic (exact) mass is 255 g/mol. The van der Waals surface area contributed by atoms with E-state index in [9.17, 15) is 4.79 Å². The number of amides is 1. The Morgan fingerprint density at radius 1 is 1.39 bits per heavy atom. The zero-order valence-electron chi connectivity index (χ0n) is 12.0. The molecule has 0 heterocycles. The normalized spacial score (nSPS) is 12.6. The van der Waals surface area contributed by atoms with Gasteiger partial charge >= 0.3 is 6.09 Å². The quantitative estimate of drug-likeness (QED) is 0.758. The average molecular weight is 255 g/mol. The second-order valence-corrected chi connectivity index (χ2v) is 5.62. The molecule has 0 aliphatic heterocycles. The Bertz CT molecular complexity index is 307. The van der Waals surface area contributed by atoms with Gasteiger partial charge in [-0.1, -0.05) is 25.7 Å². The summed E-state index contributed by atoms with van der Waals surface area (Å²) in [5.41, 5.74) is -0.509. The van der Waals surface area contributed by atoms with Gasteiger partial charge in [-0.2, -0.15) is 0 Å². The standard InChI is InChI=1S/C14H25NO3/c1-11(2)10-12(8-6-7-9-16)15-13(17)18-14(3,4)5/h11-12,16H,7,9-10H2,1-5H3,(H,15,17). The van der Waals surface area contributed by atoms with Crippen LogP contribution in [0.5, 0.6) is 0 Å². The Balaban J connectivity index is 4.41. The fraction of sp³-hybridized carbons (Fsp3) is 0.786. The number of hydrogen-bond donors (Lipinski definition) is 2. The van der Waals surface area contributed by atoms with E-state index in [2.05, 4.69) is 31.0 Å². The van der Waals surface area contributed by atoms with E-state index < -0.39 is 11.7 Å². The Labute approximate surface area is 110 Å². The van der Waals surface area contributed by atoms with Gasteiger partial charge in [-0.15, -0.1) is 0 Å². The summed E-state index contributed by atoms with van der Waals surface area (Å²) in [5, 5.41) is 11.4. The highest BCUT2D eigenvalue weighted by molar-refractivity contribution is 5.68. The first kappa shape index (κ1) is 16.8. The van der Waals surface area contributed by atoms with Crippen molar-refractivity contribution in [2.45, 2.75) is 59.1 Å². The number of carbonyl (C=O) groups excluding carboxylic acids is 1. The molecule has 4 heteroatoms. The maximum absolute atomic E-state index is 11.6. The zero-order valence-corrected chi connectivity index (χ0v) is 12.0. The predicted molar refractivity (Wildman–Crippen MR) is 72.1 cm³/mol. The third-order valence-corrected chi connectivity index (χ3v) is 1.91. The summed E-state index contributed by atoms with van der Waals surface area (Å²) in [5.74, 6) is 6.21. The Kier molecular flexibility index (Phi) is 7.45. The van der Waals surface area contributed by atoms with Gasteiger partial charge in [0, 0.05) is 6.42 Å². The highest BCUT2D eigenvalue weighted by Crippen LogP contribution is 2.09. The number of carbonyl (C=O) groups is 1. The molecule has 2 N–H and O–H groups in total. The van der Waals surface area contributed by atoms with Crippen LogP contribution < -0.4 is 5.32 Å². The van der Waals surface area contributed by atoms with Crippen LogP contribution in [0.3, 0.4) is 0 Å². The topological polar surface area (TPSA) is 58.6 Å². The lowest BCUT2D eigenvalue weighted by atomic mass is 10.0. The minimum Gasteiger partial charge on any atom is -0.444 e. The summed E-state index contributed by atoms with van der Waals surface area (Å²) in [7, 11) is 0. The van der Waals surface area contributed by atoms with E-state index in [1.165, 1.54) is 0 Å². The number of alkyl carbamates (subject to hydrolysis) is 1. The molecule has 104 valence electrons. The van der Waals surface area contributed by atoms with Gasteiger partial charge in [0.25, 0.3) is 0 Å². The molecule has 0 bridgehead atoms. The van der Waals surface area contributed by atoms with E-state index >= 15 is 0 Å². The summed E-state index contributed by atoms with van der Waals surface area (Å²) in [6.07, 6.45) is 0.730. The van der Waals surface area contributed by atoms with E-state index in [4.69, 9.17) is 9.84 Å². The number of hydrogen-bond acceptors (Lipinski definition) is 3. The molecule has 0 aromatic rings. The molecule has 0 aliphatic carbocycles. The van der Waals surface area contributed by atoms with Crippen LogP contribution in [-0.2, 0) is 4.74 Å². The number of aliphatic hydroxyl groups is 1. The van der Waals surface area contributed by atoms with Crippen molar-refractivity contribution >= 4 is 6.09 Å². The van der Waals surface area contributed by atoms with Gasteiger partial charge in [0.2, 0.25) is 0 Å². The van der Waals surface area contributed by atoms with Crippen LogP contribution in [0, 0.1) is 17.8 Å². The molecular weight excluding hydrogens is 230 g/mol. The molecule has 0 saturated carbocycles. The first-order chi connectivity index (χ1) is 8.24. The summed E-state index contributed by atoms with van der Waals surface area (Å²) < 4.78 is 5.19. The van der Waals surface area contributed by atoms with E-state index in [-0.39, 0.29) is 12.6 Å². The lowest BCUT2D eigenvalue weighted by Crippen LogP contribution is -2.39. The van der Waals surface area contributed by atoms with Gasteiger partial charge in [0.05, 0.1) is 12.6 Å². The molecule has 0 spiro atoms. The molecule has 1 atom stereocenters. The number of ether oxygens (including phenoxy) is 1. The number of nitrogens with one attached hydrogen (secondary N) is 1. The van der Waals surface area contributed by atoms with Crippen molar-refractivity contribution in [2.75, 3.05) is 6.61 Å². The van der Waals surface area contributed by atoms with Crippen molar-refractivity contribution < 1.29 is 14.6 Å². The molecule has 0 aliphatic rings. The van der Waals surface area contributed by atoms with Crippen molar-refractivity contribution in [1.29, 1.82) is 0 Å². The van der Waals surface area contributed by atoms with Crippen LogP contribution in [0.2, 0.25) is 0 Å². The SMILES string of the molecule is CC(C)CC(C#CCCO)NC(=O)OC(C)(C)C. The molecule has 0 rings (SSSR count). The molecule has 0 aromatic carbocycles. The highest BCUT2D eigenvalue weighted by atomic mass is 16.6. The van der Waals surface area contributed by atoms with Gasteiger partial charge in [0.1, 0.15) is 5.60 Å². The van der Waals surface area contributed by atoms with Crippen LogP contribution >= 0.6 is 0 Å². The summed E-state index contributed by atoms with van der Waals surface area (Å²) in [6, 6.07) is -0.230. The van der Waals surface area contributed by atoms with Crippen molar-refractivity contribution in [3.05, 3.63) is 0 Å². The molecule has 0 radical (unpaired) electrons. The second-order valence-electron chi connectivity index (χ2n) is 5.62. The second kappa shape index (κ2) is 7.99. The number of rotatable bonds is 4. The Morgan fingerprint density at radius 2 is 2.00 bits per heavy atom. The van der Waals surface area contributed by atoms with Crippen LogP contribution in [0.15, 0.2) is 0 Å². The first-order valence-electron chi connectivity index (χ1n) is 6.33. The van der Waals surface area contributed by atoms with Gasteiger partial charge in [-0.3, -0.25) is 0 Å². The fourth-order valence-electron chi connectivity index (χ4n) is 1.33. The third-order valence-electron chi connectivity index (χ3n) is 1.91. The largest absolute Gasteiger partial charge is 0.444 e. The van der Waals surface area contributed by atoms with Gasteiger partial charge in [0.15, 0.2) is 0 Å². The van der Waals surface area contributed by atoms with E-state index in [1.807, 2.05) is 20.8 Å². The van der Waals surface area contributed by atoms with E-state index in [1.54, 1.807) is 0 Å². The smallest absolute Gasteiger partial charge is 0.408 e. The lowest BCUT2D eigenvalue weighted by Gasteiger charge is -2.22. The molecule has 18 heavy (non-hydrogen) atoms. The van der Waals surface area contributed by atoms with Crippen LogP contribution in [0.1, 0.15) is 47.5 Å². The Morgan fingerprint density at radius 3 is 2.44 bits per heavy atom. The zero-order chi connectivity index (χ0) is 14.2. The summed E-state index contributed by atoms with van der Waals surface area (Å²) in [4.78, 5) is 11.6. The molecule has 0 aromatic heterocycles. The van der Waals surface area contributed by atoms with Crippen LogP contribution in [-0.4, -0.2) is 29.4 Å². The molecule has 1 unspecified atom stereocenters. The van der Waals surface area contributed by atoms with Crippen molar-refractivity contribution in [1.82, 2.24) is 5.32 Å². The number of aliphatic hydroxyl groups excluding tert-OH is 1. The van der Waals surface area contributed by atoms with Gasteiger partial charge in [-0.25, -0.2) is 4.79 Å². The summed E-state index contributed by atoms with van der Waals surface area (Å²) >= 11 is 0. The minimum atomic E-state index is -0.509. The van der Waals surface area contributed by atoms with Crippen LogP contribution in [0.4, 0.5) is 4.79 Å². The predicted octanol–water partition coefficient (Wildman–Crippen LogP) is 2.31. The van der Waals surface area contributed by atoms with E-state index in [0.29, 0.717) is 12.3 Å². The van der Waals surface area contributed by atoms with Crippen molar-refractivity contribution in [3.63, 3.8) is 0 Å². The fourth-order valence-corrected chi connectivity index (χ4v) is 1.33. The Hall–Kier alpha value is -1.21. The van der Waals surface area contributed by atoms with Crippen LogP contribution in [0.25, 0.3) is 0 Å². The molecule has 0 fully saturated rings. The third kappa shape index (κ3) is 9.98. The molecule has 1 amide bonds. The van der Waals surface area contributed by atoms with Crippen molar-refractivity contribution in [3.8, 4) is 11.8 Å².